The van der Waals surface area contributed by atoms with Gasteiger partial charge in [0.25, 0.3) is 0 Å². The van der Waals surface area contributed by atoms with Crippen LogP contribution in [-0.2, 0) is 6.42 Å². The smallest absolute Gasteiger partial charge is 0.101 e. The molecule has 0 bridgehead atoms. The second-order valence-corrected chi connectivity index (χ2v) is 8.61. The van der Waals surface area contributed by atoms with Crippen LogP contribution < -0.4 is 4.90 Å². The Morgan fingerprint density at radius 3 is 2.33 bits per heavy atom. The average Bonchev–Trinajstić information content (AvgIpc) is 2.78. The highest BCUT2D eigenvalue weighted by Crippen LogP contribution is 2.25. The van der Waals surface area contributed by atoms with E-state index in [9.17, 15) is 4.39 Å². The van der Waals surface area contributed by atoms with Gasteiger partial charge in [0.05, 0.1) is 11.4 Å². The van der Waals surface area contributed by atoms with Gasteiger partial charge in [0, 0.05) is 25.4 Å². The molecule has 33 heavy (non-hydrogen) atoms. The Hall–Kier alpha value is -3.20. The topological polar surface area (TPSA) is 15.6 Å². The maximum absolute atomic E-state index is 13.3. The number of benzene rings is 2. The van der Waals surface area contributed by atoms with Crippen LogP contribution in [0.15, 0.2) is 84.7 Å². The number of alkyl halides is 1. The minimum atomic E-state index is -0.843. The monoisotopic (exact) mass is 444 g/mol. The molecule has 0 aromatic heterocycles. The predicted octanol–water partition coefficient (Wildman–Crippen LogP) is 8.35. The van der Waals surface area contributed by atoms with E-state index in [4.69, 9.17) is 4.99 Å². The summed E-state index contributed by atoms with van der Waals surface area (Å²) in [6, 6.07) is 14.4. The van der Waals surface area contributed by atoms with Crippen LogP contribution in [0, 0.1) is 6.92 Å². The molecule has 3 heteroatoms. The van der Waals surface area contributed by atoms with Gasteiger partial charge < -0.3 is 4.90 Å². The number of rotatable bonds is 10. The quantitative estimate of drug-likeness (QED) is 0.265. The molecule has 1 unspecified atom stereocenters. The SMILES string of the molecule is C=C(C)c1ccc(N(C)C(=C)C(C)=N/C=C(\C/C=C\C)c2ccc(CC(C)F)cc2)cc1C. The molecule has 0 heterocycles. The molecule has 2 nitrogen and oxygen atoms in total. The van der Waals surface area contributed by atoms with Gasteiger partial charge in [-0.1, -0.05) is 61.2 Å². The van der Waals surface area contributed by atoms with E-state index in [1.165, 1.54) is 11.1 Å². The Morgan fingerprint density at radius 1 is 1.12 bits per heavy atom. The number of halogens is 1. The van der Waals surface area contributed by atoms with Gasteiger partial charge in [-0.3, -0.25) is 4.99 Å². The molecule has 2 rings (SSSR count). The zero-order chi connectivity index (χ0) is 24.5. The summed E-state index contributed by atoms with van der Waals surface area (Å²) in [5.41, 5.74) is 9.36. The lowest BCUT2D eigenvalue weighted by Gasteiger charge is -2.23. The van der Waals surface area contributed by atoms with E-state index >= 15 is 0 Å². The average molecular weight is 445 g/mol. The molecule has 2 aromatic rings. The maximum atomic E-state index is 13.3. The van der Waals surface area contributed by atoms with E-state index in [0.717, 1.165) is 45.8 Å². The van der Waals surface area contributed by atoms with Gasteiger partial charge in [0.2, 0.25) is 0 Å². The van der Waals surface area contributed by atoms with Crippen LogP contribution in [0.1, 0.15) is 56.4 Å². The lowest BCUT2D eigenvalue weighted by molar-refractivity contribution is 0.360. The van der Waals surface area contributed by atoms with Crippen LogP contribution in [0.5, 0.6) is 0 Å². The van der Waals surface area contributed by atoms with E-state index in [1.54, 1.807) is 6.92 Å². The molecular weight excluding hydrogens is 407 g/mol. The van der Waals surface area contributed by atoms with Gasteiger partial charge >= 0.3 is 0 Å². The zero-order valence-electron chi connectivity index (χ0n) is 21.0. The van der Waals surface area contributed by atoms with Gasteiger partial charge in [0.15, 0.2) is 0 Å². The van der Waals surface area contributed by atoms with Crippen LogP contribution in [-0.4, -0.2) is 18.9 Å². The third-order valence-corrected chi connectivity index (χ3v) is 5.71. The number of aliphatic imine (C=N–C) groups is 1. The highest BCUT2D eigenvalue weighted by atomic mass is 19.1. The molecule has 2 aromatic carbocycles. The first-order valence-electron chi connectivity index (χ1n) is 11.4. The fourth-order valence-corrected chi connectivity index (χ4v) is 3.65. The van der Waals surface area contributed by atoms with Gasteiger partial charge in [-0.25, -0.2) is 4.39 Å². The van der Waals surface area contributed by atoms with E-state index in [-0.39, 0.29) is 0 Å². The van der Waals surface area contributed by atoms with Crippen molar-refractivity contribution in [3.8, 4) is 0 Å². The molecule has 0 saturated heterocycles. The Bertz CT molecular complexity index is 1070. The van der Waals surface area contributed by atoms with E-state index < -0.39 is 6.17 Å². The maximum Gasteiger partial charge on any atom is 0.101 e. The second kappa shape index (κ2) is 12.2. The number of anilines is 1. The molecule has 0 aliphatic heterocycles. The molecule has 174 valence electrons. The van der Waals surface area contributed by atoms with Crippen molar-refractivity contribution in [1.82, 2.24) is 0 Å². The molecule has 0 aliphatic carbocycles. The normalized spacial score (nSPS) is 13.3. The summed E-state index contributed by atoms with van der Waals surface area (Å²) in [6.07, 6.45) is 6.43. The van der Waals surface area contributed by atoms with Crippen LogP contribution in [0.4, 0.5) is 10.1 Å². The number of hydrogen-bond donors (Lipinski definition) is 0. The van der Waals surface area contributed by atoms with E-state index in [0.29, 0.717) is 6.42 Å². The minimum absolute atomic E-state index is 0.435. The largest absolute Gasteiger partial charge is 0.344 e. The van der Waals surface area contributed by atoms with E-state index in [1.807, 2.05) is 64.4 Å². The predicted molar refractivity (Wildman–Crippen MR) is 145 cm³/mol. The molecule has 0 fully saturated rings. The number of nitrogens with zero attached hydrogens (tertiary/aromatic N) is 2. The molecule has 0 saturated carbocycles. The van der Waals surface area contributed by atoms with Crippen molar-refractivity contribution in [3.05, 3.63) is 102 Å². The first kappa shape index (κ1) is 26.1. The molecule has 0 radical (unpaired) electrons. The van der Waals surface area contributed by atoms with Crippen LogP contribution >= 0.6 is 0 Å². The lowest BCUT2D eigenvalue weighted by atomic mass is 10.0. The summed E-state index contributed by atoms with van der Waals surface area (Å²) in [7, 11) is 2.01. The van der Waals surface area contributed by atoms with E-state index in [2.05, 4.69) is 49.3 Å². The first-order valence-corrected chi connectivity index (χ1v) is 11.4. The molecule has 1 atom stereocenters. The van der Waals surface area contributed by atoms with Crippen LogP contribution in [0.3, 0.4) is 0 Å². The van der Waals surface area contributed by atoms with Gasteiger partial charge in [-0.05, 0) is 81.0 Å². The third-order valence-electron chi connectivity index (χ3n) is 5.71. The Labute approximate surface area is 199 Å². The van der Waals surface area contributed by atoms with Gasteiger partial charge in [-0.15, -0.1) is 0 Å². The minimum Gasteiger partial charge on any atom is -0.344 e. The standard InChI is InChI=1S/C30H37FN2/c1-9-10-11-28(27-14-12-26(13-15-27)19-23(5)31)20-32-24(6)25(7)33(8)29-16-17-30(21(2)3)22(4)18-29/h9-10,12-18,20,23H,2,7,11,19H2,1,3-6,8H3/b10-9-,28-20+,32-24?. The Kier molecular flexibility index (Phi) is 9.59. The number of aryl methyl sites for hydroxylation is 1. The molecule has 0 amide bonds. The van der Waals surface area contributed by atoms with Crippen LogP contribution in [0.25, 0.3) is 11.1 Å². The van der Waals surface area contributed by atoms with Crippen molar-refractivity contribution >= 4 is 22.5 Å². The fraction of sp³-hybridized carbons (Fsp3) is 0.300. The van der Waals surface area contributed by atoms with Crippen molar-refractivity contribution in [2.24, 2.45) is 4.99 Å². The third kappa shape index (κ3) is 7.42. The zero-order valence-corrected chi connectivity index (χ0v) is 21.0. The Morgan fingerprint density at radius 2 is 1.79 bits per heavy atom. The highest BCUT2D eigenvalue weighted by molar-refractivity contribution is 6.01. The summed E-state index contributed by atoms with van der Waals surface area (Å²) in [5.74, 6) is 0. The number of hydrogen-bond acceptors (Lipinski definition) is 2. The fourth-order valence-electron chi connectivity index (χ4n) is 3.65. The second-order valence-electron chi connectivity index (χ2n) is 8.61. The lowest BCUT2D eigenvalue weighted by Crippen LogP contribution is -2.20. The summed E-state index contributed by atoms with van der Waals surface area (Å²) in [6.45, 7) is 18.0. The van der Waals surface area contributed by atoms with Crippen molar-refractivity contribution in [2.75, 3.05) is 11.9 Å². The summed E-state index contributed by atoms with van der Waals surface area (Å²) in [5, 5.41) is 0. The van der Waals surface area contributed by atoms with Gasteiger partial charge in [0.1, 0.15) is 6.17 Å². The van der Waals surface area contributed by atoms with Crippen molar-refractivity contribution in [1.29, 1.82) is 0 Å². The number of allylic oxidation sites excluding steroid dienone is 5. The molecule has 0 spiro atoms. The summed E-state index contributed by atoms with van der Waals surface area (Å²) in [4.78, 5) is 6.80. The first-order chi connectivity index (χ1) is 15.6. The molecular formula is C30H37FN2. The van der Waals surface area contributed by atoms with Crippen LogP contribution in [0.2, 0.25) is 0 Å². The van der Waals surface area contributed by atoms with Crippen molar-refractivity contribution in [2.45, 2.75) is 53.6 Å². The van der Waals surface area contributed by atoms with Gasteiger partial charge in [-0.2, -0.15) is 0 Å². The Balaban J connectivity index is 2.26. The summed E-state index contributed by atoms with van der Waals surface area (Å²) < 4.78 is 13.3. The summed E-state index contributed by atoms with van der Waals surface area (Å²) >= 11 is 0. The van der Waals surface area contributed by atoms with Crippen molar-refractivity contribution in [3.63, 3.8) is 0 Å². The molecule has 0 N–H and O–H groups in total. The molecule has 0 aliphatic rings. The highest BCUT2D eigenvalue weighted by Gasteiger charge is 2.10. The van der Waals surface area contributed by atoms with Crippen molar-refractivity contribution < 1.29 is 4.39 Å².